The van der Waals surface area contributed by atoms with E-state index in [0.717, 1.165) is 0 Å². The van der Waals surface area contributed by atoms with Gasteiger partial charge in [0.05, 0.1) is 26.8 Å². The van der Waals surface area contributed by atoms with Crippen LogP contribution in [0.1, 0.15) is 20.6 Å². The van der Waals surface area contributed by atoms with Crippen molar-refractivity contribution in [2.24, 2.45) is 0 Å². The lowest BCUT2D eigenvalue weighted by Gasteiger charge is -2.19. The summed E-state index contributed by atoms with van der Waals surface area (Å²) in [5.41, 5.74) is 0.291. The van der Waals surface area contributed by atoms with Gasteiger partial charge in [0.15, 0.2) is 0 Å². The molecule has 0 saturated carbocycles. The zero-order valence-corrected chi connectivity index (χ0v) is 20.4. The van der Waals surface area contributed by atoms with Crippen molar-refractivity contribution in [3.8, 4) is 22.3 Å². The molecule has 186 valence electrons. The van der Waals surface area contributed by atoms with Crippen LogP contribution >= 0.6 is 0 Å². The molecule has 0 radical (unpaired) electrons. The number of fused-ring (bicyclic) bond motifs is 7. The summed E-state index contributed by atoms with van der Waals surface area (Å²) in [6.07, 6.45) is 1.41. The number of hydrogen-bond acceptors (Lipinski definition) is 2. The first-order chi connectivity index (χ1) is 26.1. The molecule has 0 unspecified atom stereocenters. The lowest BCUT2D eigenvalue weighted by atomic mass is 9.83. The van der Waals surface area contributed by atoms with Crippen molar-refractivity contribution in [2.45, 2.75) is 0 Å². The van der Waals surface area contributed by atoms with Crippen LogP contribution in [0.4, 0.5) is 0 Å². The maximum atomic E-state index is 9.43. The Morgan fingerprint density at radius 3 is 1.93 bits per heavy atom. The summed E-state index contributed by atoms with van der Waals surface area (Å²) >= 11 is 0. The second-order valence-electron chi connectivity index (χ2n) is 9.31. The fourth-order valence-corrected chi connectivity index (χ4v) is 5.68. The summed E-state index contributed by atoms with van der Waals surface area (Å²) in [6.45, 7) is 0. The third-order valence-corrected chi connectivity index (χ3v) is 7.27. The van der Waals surface area contributed by atoms with Crippen molar-refractivity contribution in [3.63, 3.8) is 0 Å². The highest BCUT2D eigenvalue weighted by atomic mass is 16.3. The van der Waals surface area contributed by atoms with Gasteiger partial charge in [-0.3, -0.25) is 0 Å². The van der Waals surface area contributed by atoms with Crippen LogP contribution in [0.25, 0.3) is 87.5 Å². The van der Waals surface area contributed by atoms with Crippen molar-refractivity contribution >= 4 is 65.2 Å². The van der Waals surface area contributed by atoms with Crippen molar-refractivity contribution in [1.82, 2.24) is 0 Å². The fraction of sp³-hybridized carbons (Fsp3) is 0. The third kappa shape index (κ3) is 2.88. The SMILES string of the molecule is [2H]c1c([2H])c([2H])c2c(-c3c4c([2H])c([2H])c([2H])c([2H])c4c(-c4c5occc5cc5oc6ccccc6c45)c4c([2H])c([2H])c([2H])c([2H])c34)c([2H])c([2H])c([2H])c2c1[2H]. The van der Waals surface area contributed by atoms with E-state index in [-0.39, 0.29) is 43.8 Å². The largest absolute Gasteiger partial charge is 0.464 e. The average Bonchev–Trinajstić information content (AvgIpc) is 3.80. The van der Waals surface area contributed by atoms with Crippen molar-refractivity contribution < 1.29 is 29.4 Å². The first kappa shape index (κ1) is 11.8. The maximum Gasteiger partial charge on any atom is 0.142 e. The average molecular weight is 526 g/mol. The molecule has 2 heterocycles. The smallest absolute Gasteiger partial charge is 0.142 e. The number of hydrogen-bond donors (Lipinski definition) is 0. The summed E-state index contributed by atoms with van der Waals surface area (Å²) in [6, 6.07) is -0.132. The molecule has 0 spiro atoms. The van der Waals surface area contributed by atoms with Crippen molar-refractivity contribution in [3.05, 3.63) is 133 Å². The zero-order valence-electron chi connectivity index (χ0n) is 35.4. The Labute approximate surface area is 250 Å². The minimum atomic E-state index is -0.772. The van der Waals surface area contributed by atoms with E-state index in [1.165, 1.54) is 6.26 Å². The van der Waals surface area contributed by atoms with E-state index >= 15 is 0 Å². The molecule has 0 bridgehead atoms. The first-order valence-electron chi connectivity index (χ1n) is 19.9. The van der Waals surface area contributed by atoms with Crippen LogP contribution in [0.15, 0.2) is 142 Å². The fourth-order valence-electron chi connectivity index (χ4n) is 5.68. The molecule has 2 nitrogen and oxygen atoms in total. The molecule has 0 aliphatic heterocycles. The monoisotopic (exact) mass is 525 g/mol. The molecule has 9 rings (SSSR count). The predicted octanol–water partition coefficient (Wildman–Crippen LogP) is 11.1. The van der Waals surface area contributed by atoms with Crippen LogP contribution in [-0.2, 0) is 0 Å². The number of benzene rings is 7. The number of furan rings is 2. The van der Waals surface area contributed by atoms with Gasteiger partial charge in [0, 0.05) is 27.3 Å². The summed E-state index contributed by atoms with van der Waals surface area (Å²) in [5, 5.41) is -0.560. The maximum absolute atomic E-state index is 9.43. The van der Waals surface area contributed by atoms with Gasteiger partial charge in [0.25, 0.3) is 0 Å². The molecule has 2 heteroatoms. The highest BCUT2D eigenvalue weighted by Gasteiger charge is 2.24. The Morgan fingerprint density at radius 1 is 0.500 bits per heavy atom. The molecular weight excluding hydrogens is 488 g/mol. The molecule has 0 aliphatic rings. The van der Waals surface area contributed by atoms with Crippen LogP contribution in [0.5, 0.6) is 0 Å². The number of rotatable bonds is 2. The Morgan fingerprint density at radius 2 is 1.15 bits per heavy atom. The number of para-hydroxylation sites is 1. The second kappa shape index (κ2) is 8.08. The summed E-state index contributed by atoms with van der Waals surface area (Å²) in [4.78, 5) is 0. The standard InChI is InChI=1S/C38H22O2/c1-2-12-25-23(10-1)11-9-18-26(25)34-27-13-3-5-15-29(27)35(30-16-6-4-14-28(30)34)37-36-31-17-7-8-19-32(31)40-33(36)22-24-20-21-39-38(24)37/h1-22H/i1D,2D,3D,4D,5D,6D,9D,10D,11D,12D,13D,14D,15D,16D,18D. The molecule has 0 amide bonds. The molecule has 0 saturated heterocycles. The van der Waals surface area contributed by atoms with Crippen LogP contribution in [0.2, 0.25) is 0 Å². The van der Waals surface area contributed by atoms with Crippen LogP contribution in [-0.4, -0.2) is 0 Å². The summed E-state index contributed by atoms with van der Waals surface area (Å²) < 4.78 is 147. The quantitative estimate of drug-likeness (QED) is 0.210. The molecule has 7 aromatic carbocycles. The molecule has 0 atom stereocenters. The second-order valence-corrected chi connectivity index (χ2v) is 9.31. The minimum Gasteiger partial charge on any atom is -0.464 e. The molecule has 0 N–H and O–H groups in total. The van der Waals surface area contributed by atoms with E-state index in [4.69, 9.17) is 22.5 Å². The zero-order chi connectivity index (χ0) is 39.3. The van der Waals surface area contributed by atoms with Crippen molar-refractivity contribution in [2.75, 3.05) is 0 Å². The Kier molecular flexibility index (Phi) is 2.39. The van der Waals surface area contributed by atoms with Crippen LogP contribution in [0.3, 0.4) is 0 Å². The Bertz CT molecular complexity index is 3180. The van der Waals surface area contributed by atoms with Gasteiger partial charge in [-0.25, -0.2) is 0 Å². The highest BCUT2D eigenvalue weighted by molar-refractivity contribution is 6.30. The topological polar surface area (TPSA) is 26.3 Å². The van der Waals surface area contributed by atoms with Gasteiger partial charge in [-0.15, -0.1) is 0 Å². The lowest BCUT2D eigenvalue weighted by molar-refractivity contribution is 0.617. The van der Waals surface area contributed by atoms with Crippen LogP contribution in [0, 0.1) is 0 Å². The van der Waals surface area contributed by atoms with Gasteiger partial charge in [-0.1, -0.05) is 109 Å². The summed E-state index contributed by atoms with van der Waals surface area (Å²) in [5.74, 6) is 0. The van der Waals surface area contributed by atoms with Gasteiger partial charge >= 0.3 is 0 Å². The molecule has 9 aromatic rings. The molecule has 2 aromatic heterocycles. The van der Waals surface area contributed by atoms with E-state index in [0.29, 0.717) is 27.3 Å². The third-order valence-electron chi connectivity index (χ3n) is 7.27. The normalized spacial score (nSPS) is 17.2. The lowest BCUT2D eigenvalue weighted by Crippen LogP contribution is -1.92. The molecule has 40 heavy (non-hydrogen) atoms. The Balaban J connectivity index is 1.71. The molecule has 0 aliphatic carbocycles. The van der Waals surface area contributed by atoms with E-state index in [9.17, 15) is 6.85 Å². The first-order valence-corrected chi connectivity index (χ1v) is 12.4. The van der Waals surface area contributed by atoms with Crippen LogP contribution < -0.4 is 0 Å². The van der Waals surface area contributed by atoms with Gasteiger partial charge in [0.2, 0.25) is 0 Å². The predicted molar refractivity (Wildman–Crippen MR) is 167 cm³/mol. The van der Waals surface area contributed by atoms with Gasteiger partial charge in [0.1, 0.15) is 16.7 Å². The van der Waals surface area contributed by atoms with Gasteiger partial charge in [-0.05, 0) is 61.6 Å². The highest BCUT2D eigenvalue weighted by Crippen LogP contribution is 2.50. The van der Waals surface area contributed by atoms with E-state index < -0.39 is 107 Å². The van der Waals surface area contributed by atoms with Crippen molar-refractivity contribution in [1.29, 1.82) is 0 Å². The van der Waals surface area contributed by atoms with E-state index in [1.807, 2.05) is 0 Å². The van der Waals surface area contributed by atoms with E-state index in [2.05, 4.69) is 0 Å². The van der Waals surface area contributed by atoms with Gasteiger partial charge < -0.3 is 8.83 Å². The summed E-state index contributed by atoms with van der Waals surface area (Å²) in [7, 11) is 0. The molecule has 0 fully saturated rings. The molecular formula is C38H22O2. The van der Waals surface area contributed by atoms with Gasteiger partial charge in [-0.2, -0.15) is 0 Å². The minimum absolute atomic E-state index is 0.0641. The van der Waals surface area contributed by atoms with E-state index in [1.54, 1.807) is 36.4 Å². The Hall–Kier alpha value is -5.34.